The molecule has 0 aromatic heterocycles. The minimum Gasteiger partial charge on any atom is -0.382 e. The largest absolute Gasteiger partial charge is 0.382 e. The topological polar surface area (TPSA) is 57.1 Å². The third-order valence-corrected chi connectivity index (χ3v) is 1.84. The lowest BCUT2D eigenvalue weighted by Crippen LogP contribution is -2.08. The minimum absolute atomic E-state index is 0.417. The van der Waals surface area contributed by atoms with Crippen molar-refractivity contribution < 1.29 is 14.2 Å². The maximum absolute atomic E-state index is 9.76. The molecule has 0 N–H and O–H groups in total. The fourth-order valence-corrected chi connectivity index (χ4v) is 1.02. The summed E-state index contributed by atoms with van der Waals surface area (Å²) in [6.07, 6.45) is 2.83. The number of methoxy groups -OCH3 is 1. The molecule has 0 aromatic rings. The van der Waals surface area contributed by atoms with Gasteiger partial charge in [-0.3, -0.25) is 0 Å². The van der Waals surface area contributed by atoms with Crippen LogP contribution < -0.4 is 0 Å². The zero-order valence-corrected chi connectivity index (χ0v) is 9.44. The summed E-state index contributed by atoms with van der Waals surface area (Å²) in [5.41, 5.74) is 0. The van der Waals surface area contributed by atoms with Crippen molar-refractivity contribution in [3.8, 4) is 0 Å². The zero-order valence-electron chi connectivity index (χ0n) is 9.44. The summed E-state index contributed by atoms with van der Waals surface area (Å²) in [7, 11) is 1.65. The van der Waals surface area contributed by atoms with E-state index in [1.807, 2.05) is 0 Å². The van der Waals surface area contributed by atoms with Crippen LogP contribution in [0.3, 0.4) is 0 Å². The first-order chi connectivity index (χ1) is 7.41. The Morgan fingerprint density at radius 1 is 0.867 bits per heavy atom. The van der Waals surface area contributed by atoms with Crippen molar-refractivity contribution in [1.29, 1.82) is 0 Å². The maximum atomic E-state index is 9.76. The van der Waals surface area contributed by atoms with E-state index in [9.17, 15) is 4.91 Å². The van der Waals surface area contributed by atoms with Crippen molar-refractivity contribution in [2.24, 2.45) is 5.18 Å². The van der Waals surface area contributed by atoms with Crippen LogP contribution in [0, 0.1) is 4.91 Å². The molecular formula is C10H21NO4. The number of unbranched alkanes of at least 4 members (excludes halogenated alkanes) is 2. The van der Waals surface area contributed by atoms with E-state index in [-0.39, 0.29) is 0 Å². The molecule has 0 aliphatic carbocycles. The van der Waals surface area contributed by atoms with Gasteiger partial charge in [0.15, 0.2) is 0 Å². The van der Waals surface area contributed by atoms with Crippen molar-refractivity contribution in [2.45, 2.75) is 19.3 Å². The highest BCUT2D eigenvalue weighted by Gasteiger charge is 1.91. The fraction of sp³-hybridized carbons (Fsp3) is 1.00. The molecule has 0 aromatic carbocycles. The summed E-state index contributed by atoms with van der Waals surface area (Å²) in [5, 5.41) is 2.79. The van der Waals surface area contributed by atoms with Crippen LogP contribution in [0.1, 0.15) is 19.3 Å². The number of rotatable bonds is 12. The average Bonchev–Trinajstić information content (AvgIpc) is 2.26. The van der Waals surface area contributed by atoms with Gasteiger partial charge in [0.05, 0.1) is 33.0 Å². The highest BCUT2D eigenvalue weighted by molar-refractivity contribution is 4.44. The molecule has 0 amide bonds. The molecule has 0 saturated heterocycles. The van der Waals surface area contributed by atoms with Gasteiger partial charge in [0.1, 0.15) is 0 Å². The Bertz CT molecular complexity index is 133. The summed E-state index contributed by atoms with van der Waals surface area (Å²) in [6, 6.07) is 0. The molecule has 0 spiro atoms. The molecule has 5 heteroatoms. The van der Waals surface area contributed by atoms with Gasteiger partial charge in [-0.05, 0) is 19.3 Å². The SMILES string of the molecule is COCCOCCOCCCCCN=O. The van der Waals surface area contributed by atoms with E-state index < -0.39 is 0 Å². The van der Waals surface area contributed by atoms with Crippen LogP contribution >= 0.6 is 0 Å². The number of hydrogen-bond acceptors (Lipinski definition) is 5. The molecule has 0 atom stereocenters. The van der Waals surface area contributed by atoms with E-state index >= 15 is 0 Å². The molecular weight excluding hydrogens is 198 g/mol. The summed E-state index contributed by atoms with van der Waals surface area (Å²) in [6.45, 7) is 3.62. The first-order valence-electron chi connectivity index (χ1n) is 5.35. The van der Waals surface area contributed by atoms with Crippen LogP contribution in [0.15, 0.2) is 5.18 Å². The van der Waals surface area contributed by atoms with Crippen LogP contribution in [0.4, 0.5) is 0 Å². The predicted molar refractivity (Wildman–Crippen MR) is 58.0 cm³/mol. The summed E-state index contributed by atoms with van der Waals surface area (Å²) >= 11 is 0. The molecule has 0 aliphatic heterocycles. The quantitative estimate of drug-likeness (QED) is 0.369. The smallest absolute Gasteiger partial charge is 0.0811 e. The molecule has 0 rings (SSSR count). The molecule has 0 heterocycles. The predicted octanol–water partition coefficient (Wildman–Crippen LogP) is 1.60. The normalized spacial score (nSPS) is 10.5. The summed E-state index contributed by atoms with van der Waals surface area (Å²) in [5.74, 6) is 0. The number of nitrogens with zero attached hydrogens (tertiary/aromatic N) is 1. The summed E-state index contributed by atoms with van der Waals surface area (Å²) < 4.78 is 15.4. The van der Waals surface area contributed by atoms with Crippen molar-refractivity contribution in [3.05, 3.63) is 4.91 Å². The third kappa shape index (κ3) is 13.5. The lowest BCUT2D eigenvalue weighted by Gasteiger charge is -2.04. The van der Waals surface area contributed by atoms with Crippen LogP contribution in [0.5, 0.6) is 0 Å². The number of hydrogen-bond donors (Lipinski definition) is 0. The summed E-state index contributed by atoms with van der Waals surface area (Å²) in [4.78, 5) is 9.76. The lowest BCUT2D eigenvalue weighted by atomic mass is 10.2. The van der Waals surface area contributed by atoms with Gasteiger partial charge < -0.3 is 14.2 Å². The van der Waals surface area contributed by atoms with E-state index in [0.29, 0.717) is 33.0 Å². The fourth-order valence-electron chi connectivity index (χ4n) is 1.02. The molecule has 0 radical (unpaired) electrons. The number of nitroso groups, excluding NO2 is 1. The number of ether oxygens (including phenoxy) is 3. The average molecular weight is 219 g/mol. The van der Waals surface area contributed by atoms with E-state index in [4.69, 9.17) is 14.2 Å². The van der Waals surface area contributed by atoms with Crippen molar-refractivity contribution in [1.82, 2.24) is 0 Å². The van der Waals surface area contributed by atoms with Gasteiger partial charge in [-0.25, -0.2) is 0 Å². The molecule has 90 valence electrons. The molecule has 0 aliphatic rings. The van der Waals surface area contributed by atoms with E-state index in [0.717, 1.165) is 25.9 Å². The van der Waals surface area contributed by atoms with Gasteiger partial charge in [-0.15, -0.1) is 0 Å². The molecule has 0 unspecified atom stereocenters. The second kappa shape index (κ2) is 13.5. The van der Waals surface area contributed by atoms with Crippen molar-refractivity contribution >= 4 is 0 Å². The zero-order chi connectivity index (χ0) is 11.2. The molecule has 0 bridgehead atoms. The van der Waals surface area contributed by atoms with Gasteiger partial charge in [-0.1, -0.05) is 5.18 Å². The van der Waals surface area contributed by atoms with Gasteiger partial charge in [0.2, 0.25) is 0 Å². The first kappa shape index (κ1) is 14.5. The second-order valence-electron chi connectivity index (χ2n) is 3.13. The highest BCUT2D eigenvalue weighted by Crippen LogP contribution is 1.95. The van der Waals surface area contributed by atoms with Crippen LogP contribution in [0.25, 0.3) is 0 Å². The monoisotopic (exact) mass is 219 g/mol. The Morgan fingerprint density at radius 3 is 2.20 bits per heavy atom. The molecule has 0 fully saturated rings. The van der Waals surface area contributed by atoms with E-state index in [2.05, 4.69) is 5.18 Å². The van der Waals surface area contributed by atoms with E-state index in [1.165, 1.54) is 0 Å². The van der Waals surface area contributed by atoms with Gasteiger partial charge >= 0.3 is 0 Å². The molecule has 0 saturated carbocycles. The first-order valence-corrected chi connectivity index (χ1v) is 5.35. The molecule has 5 nitrogen and oxygen atoms in total. The highest BCUT2D eigenvalue weighted by atomic mass is 16.5. The standard InChI is InChI=1S/C10H21NO4/c1-13-7-8-15-10-9-14-6-4-2-3-5-11-12/h2-10H2,1H3. The molecule has 15 heavy (non-hydrogen) atoms. The van der Waals surface area contributed by atoms with Crippen LogP contribution in [-0.2, 0) is 14.2 Å². The lowest BCUT2D eigenvalue weighted by molar-refractivity contribution is 0.0240. The third-order valence-electron chi connectivity index (χ3n) is 1.84. The minimum atomic E-state index is 0.417. The Balaban J connectivity index is 2.83. The Morgan fingerprint density at radius 2 is 1.53 bits per heavy atom. The van der Waals surface area contributed by atoms with E-state index in [1.54, 1.807) is 7.11 Å². The Kier molecular flexibility index (Phi) is 13.0. The van der Waals surface area contributed by atoms with Crippen LogP contribution in [-0.4, -0.2) is 46.7 Å². The van der Waals surface area contributed by atoms with Gasteiger partial charge in [0, 0.05) is 13.7 Å². The maximum Gasteiger partial charge on any atom is 0.0811 e. The van der Waals surface area contributed by atoms with Crippen molar-refractivity contribution in [2.75, 3.05) is 46.7 Å². The Labute approximate surface area is 91.1 Å². The van der Waals surface area contributed by atoms with Gasteiger partial charge in [-0.2, -0.15) is 4.91 Å². The van der Waals surface area contributed by atoms with Crippen molar-refractivity contribution in [3.63, 3.8) is 0 Å². The van der Waals surface area contributed by atoms with Crippen LogP contribution in [0.2, 0.25) is 0 Å². The Hall–Kier alpha value is -0.520. The van der Waals surface area contributed by atoms with Gasteiger partial charge in [0.25, 0.3) is 0 Å². The second-order valence-corrected chi connectivity index (χ2v) is 3.13.